The Bertz CT molecular complexity index is 880. The molecule has 0 bridgehead atoms. The van der Waals surface area contributed by atoms with Crippen molar-refractivity contribution in [1.82, 2.24) is 10.6 Å². The molecule has 170 valence electrons. The van der Waals surface area contributed by atoms with Gasteiger partial charge in [0.05, 0.1) is 6.61 Å². The van der Waals surface area contributed by atoms with E-state index in [9.17, 15) is 19.2 Å². The number of carbonyl (C=O) groups is 4. The zero-order chi connectivity index (χ0) is 23.2. The fourth-order valence-electron chi connectivity index (χ4n) is 2.41. The molecule has 32 heavy (non-hydrogen) atoms. The molecule has 0 heterocycles. The molecule has 2 amide bonds. The molecule has 0 spiro atoms. The average molecular weight is 461 g/mol. The lowest BCUT2D eigenvalue weighted by Gasteiger charge is -2.19. The van der Waals surface area contributed by atoms with Gasteiger partial charge in [0.2, 0.25) is 5.91 Å². The topological polar surface area (TPSA) is 131 Å². The molecule has 10 heteroatoms. The molecule has 0 fully saturated rings. The Morgan fingerprint density at radius 2 is 1.47 bits per heavy atom. The van der Waals surface area contributed by atoms with Crippen molar-refractivity contribution in [2.75, 3.05) is 12.4 Å². The molecule has 2 atom stereocenters. The van der Waals surface area contributed by atoms with Crippen LogP contribution in [0.4, 0.5) is 9.59 Å². The zero-order valence-corrected chi connectivity index (χ0v) is 18.0. The van der Waals surface area contributed by atoms with Crippen LogP contribution >= 0.6 is 11.8 Å². The first-order valence-electron chi connectivity index (χ1n) is 9.69. The molecule has 2 aromatic rings. The second-order valence-corrected chi connectivity index (χ2v) is 7.48. The summed E-state index contributed by atoms with van der Waals surface area (Å²) in [5.41, 5.74) is 1.55. The van der Waals surface area contributed by atoms with Crippen molar-refractivity contribution < 1.29 is 33.8 Å². The summed E-state index contributed by atoms with van der Waals surface area (Å²) >= 11 is 0.688. The van der Waals surface area contributed by atoms with Crippen LogP contribution in [-0.2, 0) is 32.3 Å². The maximum atomic E-state index is 12.5. The number of aldehydes is 1. The van der Waals surface area contributed by atoms with Crippen LogP contribution in [0.2, 0.25) is 0 Å². The van der Waals surface area contributed by atoms with Gasteiger partial charge in [0.25, 0.3) is 0 Å². The molecule has 0 unspecified atom stereocenters. The smallest absolute Gasteiger partial charge is 0.408 e. The summed E-state index contributed by atoms with van der Waals surface area (Å²) in [5, 5.41) is 13.1. The molecule has 0 aliphatic rings. The third-order valence-corrected chi connectivity index (χ3v) is 4.93. The number of thioether (sulfide) groups is 1. The molecule has 2 rings (SSSR count). The Morgan fingerprint density at radius 1 is 0.906 bits per heavy atom. The summed E-state index contributed by atoms with van der Waals surface area (Å²) in [6.07, 6.45) is -0.511. The van der Waals surface area contributed by atoms with Gasteiger partial charge >= 0.3 is 11.4 Å². The van der Waals surface area contributed by atoms with Gasteiger partial charge in [-0.3, -0.25) is 4.79 Å². The van der Waals surface area contributed by atoms with E-state index in [1.54, 1.807) is 36.4 Å². The lowest BCUT2D eigenvalue weighted by atomic mass is 10.2. The molecule has 9 nitrogen and oxygen atoms in total. The third-order valence-electron chi connectivity index (χ3n) is 4.08. The summed E-state index contributed by atoms with van der Waals surface area (Å²) in [7, 11) is 0. The number of carbonyl (C=O) groups excluding carboxylic acids is 4. The van der Waals surface area contributed by atoms with Crippen molar-refractivity contribution in [3.8, 4) is 0 Å². The van der Waals surface area contributed by atoms with Gasteiger partial charge in [0.1, 0.15) is 31.6 Å². The second kappa shape index (κ2) is 13.8. The van der Waals surface area contributed by atoms with Crippen LogP contribution < -0.4 is 10.6 Å². The first-order valence-corrected chi connectivity index (χ1v) is 10.7. The van der Waals surface area contributed by atoms with E-state index in [0.29, 0.717) is 18.0 Å². The van der Waals surface area contributed by atoms with Crippen molar-refractivity contribution >= 4 is 35.3 Å². The van der Waals surface area contributed by atoms with Gasteiger partial charge in [-0.2, -0.15) is 0 Å². The van der Waals surface area contributed by atoms with Gasteiger partial charge in [-0.25, -0.2) is 9.59 Å². The van der Waals surface area contributed by atoms with Gasteiger partial charge in [-0.15, -0.1) is 0 Å². The van der Waals surface area contributed by atoms with Crippen molar-refractivity contribution in [2.24, 2.45) is 0 Å². The van der Waals surface area contributed by atoms with Crippen molar-refractivity contribution in [3.05, 3.63) is 71.8 Å². The highest BCUT2D eigenvalue weighted by Gasteiger charge is 2.25. The number of amides is 2. The summed E-state index contributed by atoms with van der Waals surface area (Å²) in [4.78, 5) is 47.5. The predicted octanol–water partition coefficient (Wildman–Crippen LogP) is 2.03. The molecular weight excluding hydrogens is 436 g/mol. The van der Waals surface area contributed by atoms with Crippen LogP contribution in [0, 0.1) is 0 Å². The minimum atomic E-state index is -1.21. The monoisotopic (exact) mass is 460 g/mol. The van der Waals surface area contributed by atoms with Crippen molar-refractivity contribution in [3.63, 3.8) is 0 Å². The average Bonchev–Trinajstić information content (AvgIpc) is 2.83. The molecule has 2 aromatic carbocycles. The summed E-state index contributed by atoms with van der Waals surface area (Å²) in [6.45, 7) is -0.554. The molecule has 0 aliphatic heterocycles. The summed E-state index contributed by atoms with van der Waals surface area (Å²) < 4.78 is 10.2. The standard InChI is InChI=1S/C22H24N2O7S/c25-11-18(12-26)23-20(27)19(24-21(28)30-13-16-7-3-1-4-8-16)15-32-22(29)31-14-17-9-5-2-6-10-17/h1-11,18-19,26H,12-15H2,(H,23,27)(H,24,28)/t18-,19+/m1/s1. The number of alkyl carbamates (subject to hydrolysis) is 1. The van der Waals surface area contributed by atoms with Gasteiger partial charge in [0.15, 0.2) is 0 Å². The number of nitrogens with one attached hydrogen (secondary N) is 2. The molecule has 0 saturated carbocycles. The van der Waals surface area contributed by atoms with E-state index < -0.39 is 36.0 Å². The van der Waals surface area contributed by atoms with Gasteiger partial charge in [-0.05, 0) is 22.9 Å². The van der Waals surface area contributed by atoms with Crippen molar-refractivity contribution in [1.29, 1.82) is 0 Å². The van der Waals surface area contributed by atoms with Gasteiger partial charge in [-0.1, -0.05) is 60.7 Å². The largest absolute Gasteiger partial charge is 0.453 e. The van der Waals surface area contributed by atoms with E-state index in [1.165, 1.54) is 0 Å². The third kappa shape index (κ3) is 9.19. The maximum Gasteiger partial charge on any atom is 0.408 e. The summed E-state index contributed by atoms with van der Waals surface area (Å²) in [6, 6.07) is 15.7. The Balaban J connectivity index is 1.90. The van der Waals surface area contributed by atoms with E-state index in [1.807, 2.05) is 24.3 Å². The number of benzene rings is 2. The van der Waals surface area contributed by atoms with E-state index >= 15 is 0 Å². The molecule has 0 aromatic heterocycles. The Labute approximate surface area is 189 Å². The van der Waals surface area contributed by atoms with E-state index in [0.717, 1.165) is 11.1 Å². The molecule has 0 radical (unpaired) electrons. The number of aliphatic hydroxyl groups excluding tert-OH is 1. The Kier molecular flexibility index (Phi) is 10.8. The normalized spacial score (nSPS) is 12.2. The molecule has 0 aliphatic carbocycles. The number of hydrogen-bond acceptors (Lipinski definition) is 8. The van der Waals surface area contributed by atoms with Gasteiger partial charge in [0, 0.05) is 5.75 Å². The highest BCUT2D eigenvalue weighted by atomic mass is 32.2. The zero-order valence-electron chi connectivity index (χ0n) is 17.1. The fraction of sp³-hybridized carbons (Fsp3) is 0.273. The Morgan fingerprint density at radius 3 is 2.00 bits per heavy atom. The SMILES string of the molecule is O=C[C@H](CO)NC(=O)[C@H](CSC(=O)OCc1ccccc1)NC(=O)OCc1ccccc1. The maximum absolute atomic E-state index is 12.5. The summed E-state index contributed by atoms with van der Waals surface area (Å²) in [5.74, 6) is -0.923. The molecule has 0 saturated heterocycles. The van der Waals surface area contributed by atoms with E-state index in [-0.39, 0.29) is 19.0 Å². The lowest BCUT2D eigenvalue weighted by molar-refractivity contribution is -0.125. The van der Waals surface area contributed by atoms with Gasteiger partial charge < -0.3 is 30.0 Å². The number of rotatable bonds is 11. The Hall–Kier alpha value is -3.37. The van der Waals surface area contributed by atoms with Crippen LogP contribution in [-0.4, -0.2) is 53.1 Å². The van der Waals surface area contributed by atoms with Crippen LogP contribution in [0.1, 0.15) is 11.1 Å². The molecule has 3 N–H and O–H groups in total. The number of aliphatic hydroxyl groups is 1. The minimum Gasteiger partial charge on any atom is -0.453 e. The predicted molar refractivity (Wildman–Crippen MR) is 118 cm³/mol. The first kappa shape index (κ1) is 24.9. The molecular formula is C22H24N2O7S. The highest BCUT2D eigenvalue weighted by Crippen LogP contribution is 2.11. The quantitative estimate of drug-likeness (QED) is 0.343. The van der Waals surface area contributed by atoms with Crippen LogP contribution in [0.3, 0.4) is 0 Å². The fourth-order valence-corrected chi connectivity index (χ4v) is 3.09. The highest BCUT2D eigenvalue weighted by molar-refractivity contribution is 8.13. The minimum absolute atomic E-state index is 0.0130. The van der Waals surface area contributed by atoms with Crippen LogP contribution in [0.25, 0.3) is 0 Å². The lowest BCUT2D eigenvalue weighted by Crippen LogP contribution is -2.52. The van der Waals surface area contributed by atoms with Crippen LogP contribution in [0.5, 0.6) is 0 Å². The van der Waals surface area contributed by atoms with E-state index in [2.05, 4.69) is 10.6 Å². The van der Waals surface area contributed by atoms with Crippen LogP contribution in [0.15, 0.2) is 60.7 Å². The van der Waals surface area contributed by atoms with E-state index in [4.69, 9.17) is 14.6 Å². The first-order chi connectivity index (χ1) is 15.5. The number of hydrogen-bond donors (Lipinski definition) is 3. The number of ether oxygens (including phenoxy) is 2. The second-order valence-electron chi connectivity index (χ2n) is 6.53. The van der Waals surface area contributed by atoms with Crippen molar-refractivity contribution in [2.45, 2.75) is 25.3 Å².